The number of carbonyl (C=O) groups excluding carboxylic acids is 1. The zero-order chi connectivity index (χ0) is 13.0. The lowest BCUT2D eigenvalue weighted by atomic mass is 9.98. The summed E-state index contributed by atoms with van der Waals surface area (Å²) in [4.78, 5) is 12.0. The van der Waals surface area contributed by atoms with E-state index in [-0.39, 0.29) is 5.91 Å². The molecule has 0 saturated carbocycles. The van der Waals surface area contributed by atoms with Gasteiger partial charge < -0.3 is 10.6 Å². The molecule has 3 nitrogen and oxygen atoms in total. The first-order valence-electron chi connectivity index (χ1n) is 6.10. The zero-order valence-electron chi connectivity index (χ0n) is 10.0. The standard InChI is InChI=1S/C13H16Br2N2O/c14-11-5-10(6-12(15)7-11)13(18)17-8-9-1-3-16-4-2-9/h5-7,9,16H,1-4,8H2,(H,17,18). The molecule has 0 aromatic heterocycles. The van der Waals surface area contributed by atoms with Gasteiger partial charge in [-0.1, -0.05) is 31.9 Å². The molecule has 0 radical (unpaired) electrons. The van der Waals surface area contributed by atoms with Crippen LogP contribution in [0.15, 0.2) is 27.1 Å². The SMILES string of the molecule is O=C(NCC1CCNCC1)c1cc(Br)cc(Br)c1. The highest BCUT2D eigenvalue weighted by molar-refractivity contribution is 9.11. The lowest BCUT2D eigenvalue weighted by Gasteiger charge is -2.22. The minimum absolute atomic E-state index is 0.00414. The Labute approximate surface area is 124 Å². The lowest BCUT2D eigenvalue weighted by Crippen LogP contribution is -2.35. The largest absolute Gasteiger partial charge is 0.352 e. The van der Waals surface area contributed by atoms with Gasteiger partial charge in [-0.15, -0.1) is 0 Å². The summed E-state index contributed by atoms with van der Waals surface area (Å²) < 4.78 is 1.81. The Hall–Kier alpha value is -0.390. The highest BCUT2D eigenvalue weighted by atomic mass is 79.9. The van der Waals surface area contributed by atoms with Crippen LogP contribution in [0.1, 0.15) is 23.2 Å². The van der Waals surface area contributed by atoms with Crippen molar-refractivity contribution in [3.8, 4) is 0 Å². The maximum Gasteiger partial charge on any atom is 0.251 e. The summed E-state index contributed by atoms with van der Waals surface area (Å²) in [5, 5.41) is 6.34. The molecule has 1 aliphatic rings. The van der Waals surface area contributed by atoms with Gasteiger partial charge in [0.2, 0.25) is 0 Å². The van der Waals surface area contributed by atoms with Gasteiger partial charge in [-0.2, -0.15) is 0 Å². The molecular weight excluding hydrogens is 360 g/mol. The Bertz CT molecular complexity index is 411. The van der Waals surface area contributed by atoms with Crippen molar-refractivity contribution in [1.82, 2.24) is 10.6 Å². The molecule has 1 aliphatic heterocycles. The minimum Gasteiger partial charge on any atom is -0.352 e. The number of amides is 1. The predicted octanol–water partition coefficient (Wildman–Crippen LogP) is 2.94. The molecule has 2 N–H and O–H groups in total. The molecule has 5 heteroatoms. The first kappa shape index (κ1) is 14.0. The molecule has 0 unspecified atom stereocenters. The first-order valence-corrected chi connectivity index (χ1v) is 7.69. The number of carbonyl (C=O) groups is 1. The summed E-state index contributed by atoms with van der Waals surface area (Å²) in [6.45, 7) is 2.89. The van der Waals surface area contributed by atoms with Crippen molar-refractivity contribution in [3.63, 3.8) is 0 Å². The van der Waals surface area contributed by atoms with Crippen LogP contribution in [0.2, 0.25) is 0 Å². The van der Waals surface area contributed by atoms with Gasteiger partial charge in [0.1, 0.15) is 0 Å². The second kappa shape index (κ2) is 6.68. The van der Waals surface area contributed by atoms with Crippen LogP contribution in [0.25, 0.3) is 0 Å². The average Bonchev–Trinajstić information content (AvgIpc) is 2.36. The van der Waals surface area contributed by atoms with Gasteiger partial charge in [0.25, 0.3) is 5.91 Å². The summed E-state index contributed by atoms with van der Waals surface area (Å²) in [5.74, 6) is 0.598. The maximum atomic E-state index is 12.0. The fourth-order valence-corrected chi connectivity index (χ4v) is 3.40. The van der Waals surface area contributed by atoms with Gasteiger partial charge >= 0.3 is 0 Å². The van der Waals surface area contributed by atoms with Crippen molar-refractivity contribution in [1.29, 1.82) is 0 Å². The van der Waals surface area contributed by atoms with Crippen LogP contribution in [0.4, 0.5) is 0 Å². The van der Waals surface area contributed by atoms with E-state index in [0.29, 0.717) is 11.5 Å². The van der Waals surface area contributed by atoms with Gasteiger partial charge in [0.05, 0.1) is 0 Å². The summed E-state index contributed by atoms with van der Waals surface area (Å²) in [6, 6.07) is 5.59. The van der Waals surface area contributed by atoms with E-state index in [1.165, 1.54) is 0 Å². The number of piperidine rings is 1. The van der Waals surface area contributed by atoms with E-state index in [1.807, 2.05) is 18.2 Å². The van der Waals surface area contributed by atoms with Gasteiger partial charge in [0.15, 0.2) is 0 Å². The van der Waals surface area contributed by atoms with Crippen LogP contribution in [0.5, 0.6) is 0 Å². The number of hydrogen-bond acceptors (Lipinski definition) is 2. The second-order valence-electron chi connectivity index (χ2n) is 4.56. The van der Waals surface area contributed by atoms with E-state index in [9.17, 15) is 4.79 Å². The minimum atomic E-state index is -0.00414. The van der Waals surface area contributed by atoms with Gasteiger partial charge in [-0.05, 0) is 50.0 Å². The average molecular weight is 376 g/mol. The van der Waals surface area contributed by atoms with Crippen molar-refractivity contribution in [2.45, 2.75) is 12.8 Å². The molecule has 1 aromatic rings. The normalized spacial score (nSPS) is 16.6. The van der Waals surface area contributed by atoms with E-state index in [2.05, 4.69) is 42.5 Å². The third-order valence-electron chi connectivity index (χ3n) is 3.13. The maximum absolute atomic E-state index is 12.0. The molecule has 0 aliphatic carbocycles. The van der Waals surface area contributed by atoms with Crippen molar-refractivity contribution < 1.29 is 4.79 Å². The van der Waals surface area contributed by atoms with E-state index in [0.717, 1.165) is 41.4 Å². The Morgan fingerprint density at radius 1 is 1.22 bits per heavy atom. The Kier molecular flexibility index (Phi) is 5.21. The Morgan fingerprint density at radius 3 is 2.44 bits per heavy atom. The van der Waals surface area contributed by atoms with E-state index < -0.39 is 0 Å². The van der Waals surface area contributed by atoms with Crippen LogP contribution < -0.4 is 10.6 Å². The summed E-state index contributed by atoms with van der Waals surface area (Å²) >= 11 is 6.78. The molecule has 1 aromatic carbocycles. The lowest BCUT2D eigenvalue weighted by molar-refractivity contribution is 0.0944. The molecule has 1 saturated heterocycles. The van der Waals surface area contributed by atoms with Crippen LogP contribution in [0, 0.1) is 5.92 Å². The summed E-state index contributed by atoms with van der Waals surface area (Å²) in [7, 11) is 0. The van der Waals surface area contributed by atoms with Crippen molar-refractivity contribution in [2.75, 3.05) is 19.6 Å². The third kappa shape index (κ3) is 4.07. The smallest absolute Gasteiger partial charge is 0.251 e. The molecule has 2 rings (SSSR count). The molecule has 0 atom stereocenters. The molecule has 1 fully saturated rings. The monoisotopic (exact) mass is 374 g/mol. The molecule has 1 amide bonds. The fourth-order valence-electron chi connectivity index (χ4n) is 2.11. The second-order valence-corrected chi connectivity index (χ2v) is 6.39. The number of halogens is 2. The van der Waals surface area contributed by atoms with Gasteiger partial charge in [-0.3, -0.25) is 4.79 Å². The summed E-state index contributed by atoms with van der Waals surface area (Å²) in [6.07, 6.45) is 2.28. The van der Waals surface area contributed by atoms with E-state index in [4.69, 9.17) is 0 Å². The van der Waals surface area contributed by atoms with Gasteiger partial charge in [0, 0.05) is 21.1 Å². The number of benzene rings is 1. The highest BCUT2D eigenvalue weighted by Gasteiger charge is 2.14. The third-order valence-corrected chi connectivity index (χ3v) is 4.05. The molecule has 98 valence electrons. The molecule has 1 heterocycles. The van der Waals surface area contributed by atoms with Crippen LogP contribution in [-0.2, 0) is 0 Å². The van der Waals surface area contributed by atoms with Crippen molar-refractivity contribution in [3.05, 3.63) is 32.7 Å². The zero-order valence-corrected chi connectivity index (χ0v) is 13.2. The van der Waals surface area contributed by atoms with Crippen LogP contribution in [-0.4, -0.2) is 25.5 Å². The van der Waals surface area contributed by atoms with Gasteiger partial charge in [-0.25, -0.2) is 0 Å². The van der Waals surface area contributed by atoms with Crippen molar-refractivity contribution >= 4 is 37.8 Å². The molecular formula is C13H16Br2N2O. The van der Waals surface area contributed by atoms with E-state index >= 15 is 0 Å². The predicted molar refractivity (Wildman–Crippen MR) is 79.8 cm³/mol. The Morgan fingerprint density at radius 2 is 1.83 bits per heavy atom. The quantitative estimate of drug-likeness (QED) is 0.852. The van der Waals surface area contributed by atoms with Crippen LogP contribution >= 0.6 is 31.9 Å². The molecule has 0 spiro atoms. The van der Waals surface area contributed by atoms with E-state index in [1.54, 1.807) is 0 Å². The number of nitrogens with one attached hydrogen (secondary N) is 2. The number of hydrogen-bond donors (Lipinski definition) is 2. The topological polar surface area (TPSA) is 41.1 Å². The molecule has 0 bridgehead atoms. The van der Waals surface area contributed by atoms with Crippen LogP contribution in [0.3, 0.4) is 0 Å². The summed E-state index contributed by atoms with van der Waals surface area (Å²) in [5.41, 5.74) is 0.685. The Balaban J connectivity index is 1.90. The highest BCUT2D eigenvalue weighted by Crippen LogP contribution is 2.20. The first-order chi connectivity index (χ1) is 8.65. The molecule has 18 heavy (non-hydrogen) atoms. The fraction of sp³-hybridized carbons (Fsp3) is 0.462. The number of rotatable bonds is 3. The van der Waals surface area contributed by atoms with Crippen molar-refractivity contribution in [2.24, 2.45) is 5.92 Å².